The van der Waals surface area contributed by atoms with Crippen LogP contribution in [0.15, 0.2) is 12.4 Å². The maximum Gasteiger partial charge on any atom is 0.222 e. The average molecular weight is 260 g/mol. The lowest BCUT2D eigenvalue weighted by Gasteiger charge is -2.26. The van der Waals surface area contributed by atoms with Crippen LogP contribution < -0.4 is 5.32 Å². The standard InChI is InChI=1S/C11H15Cl2N3/c12-7-11(3-1-2-4-11)8-16-10-14-5-9(13)6-15-10/h5-6H,1-4,7-8H2,(H,14,15,16). The molecule has 1 N–H and O–H groups in total. The fourth-order valence-electron chi connectivity index (χ4n) is 2.15. The Hall–Kier alpha value is -0.540. The van der Waals surface area contributed by atoms with E-state index in [0.29, 0.717) is 16.9 Å². The highest BCUT2D eigenvalue weighted by Crippen LogP contribution is 2.38. The molecule has 5 heteroatoms. The molecule has 1 aromatic heterocycles. The van der Waals surface area contributed by atoms with Crippen molar-refractivity contribution in [2.24, 2.45) is 5.41 Å². The lowest BCUT2D eigenvalue weighted by atomic mass is 9.89. The van der Waals surface area contributed by atoms with Crippen molar-refractivity contribution in [1.82, 2.24) is 9.97 Å². The maximum absolute atomic E-state index is 6.05. The van der Waals surface area contributed by atoms with Crippen molar-refractivity contribution in [1.29, 1.82) is 0 Å². The van der Waals surface area contributed by atoms with E-state index >= 15 is 0 Å². The summed E-state index contributed by atoms with van der Waals surface area (Å²) in [6.45, 7) is 0.845. The zero-order valence-corrected chi connectivity index (χ0v) is 10.6. The summed E-state index contributed by atoms with van der Waals surface area (Å²) in [5.41, 5.74) is 0.227. The second kappa shape index (κ2) is 5.19. The minimum Gasteiger partial charge on any atom is -0.354 e. The molecular formula is C11H15Cl2N3. The monoisotopic (exact) mass is 259 g/mol. The number of anilines is 1. The van der Waals surface area contributed by atoms with Gasteiger partial charge in [-0.15, -0.1) is 11.6 Å². The first-order valence-electron chi connectivity index (χ1n) is 5.51. The number of rotatable bonds is 4. The molecule has 1 heterocycles. The summed E-state index contributed by atoms with van der Waals surface area (Å²) >= 11 is 11.8. The van der Waals surface area contributed by atoms with Crippen LogP contribution in [0.4, 0.5) is 5.95 Å². The molecule has 3 nitrogen and oxygen atoms in total. The van der Waals surface area contributed by atoms with Gasteiger partial charge in [0.05, 0.1) is 17.4 Å². The molecule has 0 aromatic carbocycles. The number of halogens is 2. The molecule has 0 amide bonds. The van der Waals surface area contributed by atoms with E-state index in [-0.39, 0.29) is 5.41 Å². The van der Waals surface area contributed by atoms with Crippen molar-refractivity contribution >= 4 is 29.2 Å². The Kier molecular flexibility index (Phi) is 3.87. The van der Waals surface area contributed by atoms with Crippen LogP contribution in [0.1, 0.15) is 25.7 Å². The van der Waals surface area contributed by atoms with Crippen LogP contribution in [-0.2, 0) is 0 Å². The Labute approximate surface area is 106 Å². The highest BCUT2D eigenvalue weighted by molar-refractivity contribution is 6.30. The molecule has 1 aromatic rings. The molecule has 1 aliphatic carbocycles. The van der Waals surface area contributed by atoms with Crippen LogP contribution in [0.5, 0.6) is 0 Å². The van der Waals surface area contributed by atoms with Crippen LogP contribution in [0.2, 0.25) is 5.02 Å². The first-order valence-corrected chi connectivity index (χ1v) is 6.43. The molecule has 0 atom stereocenters. The normalized spacial score (nSPS) is 18.6. The van der Waals surface area contributed by atoms with Gasteiger partial charge >= 0.3 is 0 Å². The predicted octanol–water partition coefficient (Wildman–Crippen LogP) is 3.34. The van der Waals surface area contributed by atoms with Crippen molar-refractivity contribution in [3.05, 3.63) is 17.4 Å². The summed E-state index contributed by atoms with van der Waals surface area (Å²) < 4.78 is 0. The van der Waals surface area contributed by atoms with E-state index in [9.17, 15) is 0 Å². The summed E-state index contributed by atoms with van der Waals surface area (Å²) in [6, 6.07) is 0. The van der Waals surface area contributed by atoms with E-state index < -0.39 is 0 Å². The lowest BCUT2D eigenvalue weighted by Crippen LogP contribution is -2.29. The van der Waals surface area contributed by atoms with E-state index in [1.54, 1.807) is 12.4 Å². The largest absolute Gasteiger partial charge is 0.354 e. The lowest BCUT2D eigenvalue weighted by molar-refractivity contribution is 0.367. The maximum atomic E-state index is 6.05. The summed E-state index contributed by atoms with van der Waals surface area (Å²) in [7, 11) is 0. The first-order chi connectivity index (χ1) is 7.74. The van der Waals surface area contributed by atoms with E-state index in [4.69, 9.17) is 23.2 Å². The van der Waals surface area contributed by atoms with Crippen molar-refractivity contribution < 1.29 is 0 Å². The van der Waals surface area contributed by atoms with Gasteiger partial charge in [-0.05, 0) is 12.8 Å². The van der Waals surface area contributed by atoms with E-state index in [2.05, 4.69) is 15.3 Å². The molecule has 0 spiro atoms. The first kappa shape index (κ1) is 11.9. The van der Waals surface area contributed by atoms with Gasteiger partial charge in [0.25, 0.3) is 0 Å². The number of nitrogens with one attached hydrogen (secondary N) is 1. The van der Waals surface area contributed by atoms with Crippen LogP contribution >= 0.6 is 23.2 Å². The van der Waals surface area contributed by atoms with Gasteiger partial charge in [-0.1, -0.05) is 24.4 Å². The SMILES string of the molecule is ClCC1(CNc2ncc(Cl)cn2)CCCC1. The average Bonchev–Trinajstić information content (AvgIpc) is 2.78. The molecule has 1 saturated carbocycles. The fourth-order valence-corrected chi connectivity index (χ4v) is 2.61. The quantitative estimate of drug-likeness (QED) is 0.843. The third kappa shape index (κ3) is 2.77. The van der Waals surface area contributed by atoms with Gasteiger partial charge in [0, 0.05) is 17.8 Å². The number of hydrogen-bond acceptors (Lipinski definition) is 3. The van der Waals surface area contributed by atoms with Gasteiger partial charge in [-0.2, -0.15) is 0 Å². The van der Waals surface area contributed by atoms with Gasteiger partial charge in [-0.25, -0.2) is 9.97 Å². The highest BCUT2D eigenvalue weighted by atomic mass is 35.5. The van der Waals surface area contributed by atoms with Crippen molar-refractivity contribution in [2.75, 3.05) is 17.7 Å². The van der Waals surface area contributed by atoms with Crippen molar-refractivity contribution in [3.8, 4) is 0 Å². The zero-order chi connectivity index (χ0) is 11.4. The van der Waals surface area contributed by atoms with Gasteiger partial charge in [0.15, 0.2) is 0 Å². The Balaban J connectivity index is 1.93. The van der Waals surface area contributed by atoms with Gasteiger partial charge in [0.2, 0.25) is 5.95 Å². The van der Waals surface area contributed by atoms with Gasteiger partial charge in [-0.3, -0.25) is 0 Å². The minimum atomic E-state index is 0.227. The summed E-state index contributed by atoms with van der Waals surface area (Å²) in [5.74, 6) is 1.33. The molecule has 0 bridgehead atoms. The molecule has 2 rings (SSSR count). The number of alkyl halides is 1. The van der Waals surface area contributed by atoms with Crippen LogP contribution in [-0.4, -0.2) is 22.4 Å². The molecule has 88 valence electrons. The van der Waals surface area contributed by atoms with Crippen molar-refractivity contribution in [3.63, 3.8) is 0 Å². The summed E-state index contributed by atoms with van der Waals surface area (Å²) in [4.78, 5) is 8.21. The van der Waals surface area contributed by atoms with Gasteiger partial charge < -0.3 is 5.32 Å². The predicted molar refractivity (Wildman–Crippen MR) is 67.2 cm³/mol. The fraction of sp³-hybridized carbons (Fsp3) is 0.636. The second-order valence-electron chi connectivity index (χ2n) is 4.42. The van der Waals surface area contributed by atoms with E-state index in [0.717, 1.165) is 6.54 Å². The van der Waals surface area contributed by atoms with E-state index in [1.165, 1.54) is 25.7 Å². The Morgan fingerprint density at radius 2 is 1.88 bits per heavy atom. The Morgan fingerprint density at radius 3 is 2.44 bits per heavy atom. The molecular weight excluding hydrogens is 245 g/mol. The Morgan fingerprint density at radius 1 is 1.25 bits per heavy atom. The number of nitrogens with zero attached hydrogens (tertiary/aromatic N) is 2. The van der Waals surface area contributed by atoms with Crippen LogP contribution in [0.3, 0.4) is 0 Å². The minimum absolute atomic E-state index is 0.227. The molecule has 0 aliphatic heterocycles. The second-order valence-corrected chi connectivity index (χ2v) is 5.12. The van der Waals surface area contributed by atoms with E-state index in [1.807, 2.05) is 0 Å². The molecule has 0 radical (unpaired) electrons. The number of hydrogen-bond donors (Lipinski definition) is 1. The Bertz CT molecular complexity index is 334. The summed E-state index contributed by atoms with van der Waals surface area (Å²) in [5, 5.41) is 3.79. The topological polar surface area (TPSA) is 37.8 Å². The molecule has 0 saturated heterocycles. The molecule has 1 aliphatic rings. The van der Waals surface area contributed by atoms with Crippen LogP contribution in [0, 0.1) is 5.41 Å². The molecule has 0 unspecified atom stereocenters. The van der Waals surface area contributed by atoms with Crippen LogP contribution in [0.25, 0.3) is 0 Å². The molecule has 1 fully saturated rings. The molecule has 16 heavy (non-hydrogen) atoms. The van der Waals surface area contributed by atoms with Crippen molar-refractivity contribution in [2.45, 2.75) is 25.7 Å². The smallest absolute Gasteiger partial charge is 0.222 e. The third-order valence-electron chi connectivity index (χ3n) is 3.19. The van der Waals surface area contributed by atoms with Gasteiger partial charge in [0.1, 0.15) is 0 Å². The zero-order valence-electron chi connectivity index (χ0n) is 9.05. The third-order valence-corrected chi connectivity index (χ3v) is 3.95. The number of aromatic nitrogens is 2. The highest BCUT2D eigenvalue weighted by Gasteiger charge is 2.32. The summed E-state index contributed by atoms with van der Waals surface area (Å²) in [6.07, 6.45) is 8.12.